The summed E-state index contributed by atoms with van der Waals surface area (Å²) >= 11 is 0. The average molecular weight is 227 g/mol. The molecule has 1 aromatic carbocycles. The van der Waals surface area contributed by atoms with Gasteiger partial charge >= 0.3 is 0 Å². The molecule has 0 bridgehead atoms. The molecule has 0 amide bonds. The summed E-state index contributed by atoms with van der Waals surface area (Å²) in [5.74, 6) is 1.20. The number of hydrogen-bond acceptors (Lipinski definition) is 5. The maximum Gasteiger partial charge on any atom is 0.231 e. The van der Waals surface area contributed by atoms with E-state index in [0.29, 0.717) is 17.3 Å². The number of aromatic hydroxyl groups is 1. The molecule has 2 atom stereocenters. The van der Waals surface area contributed by atoms with E-state index < -0.39 is 0 Å². The van der Waals surface area contributed by atoms with Gasteiger partial charge in [-0.1, -0.05) is 17.3 Å². The minimum Gasteiger partial charge on any atom is -0.508 e. The summed E-state index contributed by atoms with van der Waals surface area (Å²) in [5.41, 5.74) is 0.703. The van der Waals surface area contributed by atoms with E-state index in [1.54, 1.807) is 24.3 Å². The maximum absolute atomic E-state index is 9.35. The predicted octanol–water partition coefficient (Wildman–Crippen LogP) is 2.07. The minimum absolute atomic E-state index is 0.00692. The second-order valence-corrected chi connectivity index (χ2v) is 4.08. The SMILES string of the molecule is N#CC1CC1c1nc(-c2cccc(O)c2)no1. The Morgan fingerprint density at radius 1 is 1.47 bits per heavy atom. The van der Waals surface area contributed by atoms with Crippen molar-refractivity contribution in [1.82, 2.24) is 10.1 Å². The Morgan fingerprint density at radius 2 is 2.35 bits per heavy atom. The monoisotopic (exact) mass is 227 g/mol. The van der Waals surface area contributed by atoms with Gasteiger partial charge in [-0.2, -0.15) is 10.2 Å². The lowest BCUT2D eigenvalue weighted by molar-refractivity contribution is 0.378. The summed E-state index contributed by atoms with van der Waals surface area (Å²) in [4.78, 5) is 4.24. The lowest BCUT2D eigenvalue weighted by Gasteiger charge is -1.94. The molecule has 84 valence electrons. The van der Waals surface area contributed by atoms with E-state index in [0.717, 1.165) is 6.42 Å². The molecule has 0 spiro atoms. The van der Waals surface area contributed by atoms with Crippen molar-refractivity contribution in [3.05, 3.63) is 30.2 Å². The van der Waals surface area contributed by atoms with Gasteiger partial charge in [-0.05, 0) is 18.6 Å². The number of benzene rings is 1. The van der Waals surface area contributed by atoms with Crippen LogP contribution in [-0.4, -0.2) is 15.2 Å². The van der Waals surface area contributed by atoms with E-state index >= 15 is 0 Å². The van der Waals surface area contributed by atoms with Crippen LogP contribution >= 0.6 is 0 Å². The highest BCUT2D eigenvalue weighted by Crippen LogP contribution is 2.46. The lowest BCUT2D eigenvalue weighted by Crippen LogP contribution is -1.83. The van der Waals surface area contributed by atoms with Gasteiger partial charge in [0, 0.05) is 5.56 Å². The Labute approximate surface area is 97.3 Å². The Bertz CT molecular complexity index is 600. The molecule has 0 radical (unpaired) electrons. The quantitative estimate of drug-likeness (QED) is 0.849. The molecule has 1 aliphatic carbocycles. The van der Waals surface area contributed by atoms with Crippen LogP contribution in [0.25, 0.3) is 11.4 Å². The third-order valence-corrected chi connectivity index (χ3v) is 2.82. The number of aromatic nitrogens is 2. The summed E-state index contributed by atoms with van der Waals surface area (Å²) in [6.07, 6.45) is 0.790. The molecule has 1 fully saturated rings. The van der Waals surface area contributed by atoms with Crippen molar-refractivity contribution in [2.24, 2.45) is 5.92 Å². The van der Waals surface area contributed by atoms with Gasteiger partial charge in [0.25, 0.3) is 0 Å². The first kappa shape index (κ1) is 9.85. The Kier molecular flexibility index (Phi) is 2.08. The van der Waals surface area contributed by atoms with Crippen molar-refractivity contribution in [2.75, 3.05) is 0 Å². The highest BCUT2D eigenvalue weighted by molar-refractivity contribution is 5.56. The first-order chi connectivity index (χ1) is 8.28. The van der Waals surface area contributed by atoms with Crippen LogP contribution in [0.1, 0.15) is 18.2 Å². The van der Waals surface area contributed by atoms with Crippen molar-refractivity contribution in [3.8, 4) is 23.2 Å². The maximum atomic E-state index is 9.35. The smallest absolute Gasteiger partial charge is 0.231 e. The van der Waals surface area contributed by atoms with Gasteiger partial charge in [-0.15, -0.1) is 0 Å². The minimum atomic E-state index is 0.00692. The van der Waals surface area contributed by atoms with E-state index in [-0.39, 0.29) is 17.6 Å². The molecule has 5 heteroatoms. The number of nitrogens with zero attached hydrogens (tertiary/aromatic N) is 3. The van der Waals surface area contributed by atoms with Gasteiger partial charge in [-0.25, -0.2) is 0 Å². The fraction of sp³-hybridized carbons (Fsp3) is 0.250. The normalized spacial score (nSPS) is 22.1. The largest absolute Gasteiger partial charge is 0.508 e. The molecule has 1 N–H and O–H groups in total. The highest BCUT2D eigenvalue weighted by atomic mass is 16.5. The zero-order chi connectivity index (χ0) is 11.8. The van der Waals surface area contributed by atoms with Crippen LogP contribution < -0.4 is 0 Å². The zero-order valence-corrected chi connectivity index (χ0v) is 8.87. The van der Waals surface area contributed by atoms with Gasteiger partial charge in [0.05, 0.1) is 17.9 Å². The average Bonchev–Trinajstić information content (AvgIpc) is 2.97. The Morgan fingerprint density at radius 3 is 3.06 bits per heavy atom. The number of hydrogen-bond donors (Lipinski definition) is 1. The van der Waals surface area contributed by atoms with Crippen LogP contribution in [-0.2, 0) is 0 Å². The summed E-state index contributed by atoms with van der Waals surface area (Å²) in [6.45, 7) is 0. The molecule has 1 heterocycles. The molecule has 1 aliphatic rings. The number of phenols is 1. The molecular formula is C12H9N3O2. The summed E-state index contributed by atoms with van der Waals surface area (Å²) in [6, 6.07) is 8.84. The summed E-state index contributed by atoms with van der Waals surface area (Å²) in [7, 11) is 0. The van der Waals surface area contributed by atoms with E-state index in [1.165, 1.54) is 0 Å². The van der Waals surface area contributed by atoms with Crippen molar-refractivity contribution < 1.29 is 9.63 Å². The van der Waals surface area contributed by atoms with Crippen molar-refractivity contribution in [2.45, 2.75) is 12.3 Å². The molecule has 1 aromatic heterocycles. The second-order valence-electron chi connectivity index (χ2n) is 4.08. The van der Waals surface area contributed by atoms with E-state index in [4.69, 9.17) is 9.78 Å². The van der Waals surface area contributed by atoms with Gasteiger partial charge in [-0.3, -0.25) is 0 Å². The molecule has 0 aliphatic heterocycles. The molecule has 17 heavy (non-hydrogen) atoms. The van der Waals surface area contributed by atoms with Crippen LogP contribution in [0.3, 0.4) is 0 Å². The fourth-order valence-electron chi connectivity index (χ4n) is 1.76. The zero-order valence-electron chi connectivity index (χ0n) is 8.87. The Balaban J connectivity index is 1.89. The first-order valence-corrected chi connectivity index (χ1v) is 5.30. The summed E-state index contributed by atoms with van der Waals surface area (Å²) < 4.78 is 5.12. The van der Waals surface area contributed by atoms with E-state index in [1.807, 2.05) is 0 Å². The third-order valence-electron chi connectivity index (χ3n) is 2.82. The number of rotatable bonds is 2. The van der Waals surface area contributed by atoms with Crippen LogP contribution in [0.2, 0.25) is 0 Å². The predicted molar refractivity (Wildman–Crippen MR) is 57.9 cm³/mol. The lowest BCUT2D eigenvalue weighted by atomic mass is 10.2. The Hall–Kier alpha value is -2.35. The van der Waals surface area contributed by atoms with Crippen LogP contribution in [0.15, 0.2) is 28.8 Å². The van der Waals surface area contributed by atoms with Crippen LogP contribution in [0.4, 0.5) is 0 Å². The molecule has 1 saturated carbocycles. The standard InChI is InChI=1S/C12H9N3O2/c13-6-8-5-10(8)12-14-11(15-17-12)7-2-1-3-9(16)4-7/h1-4,8,10,16H,5H2. The highest BCUT2D eigenvalue weighted by Gasteiger charge is 2.43. The third kappa shape index (κ3) is 1.74. The molecule has 3 rings (SSSR count). The molecular weight excluding hydrogens is 218 g/mol. The topological polar surface area (TPSA) is 82.9 Å². The van der Waals surface area contributed by atoms with E-state index in [2.05, 4.69) is 16.2 Å². The van der Waals surface area contributed by atoms with Gasteiger partial charge in [0.15, 0.2) is 0 Å². The molecule has 0 saturated heterocycles. The fourth-order valence-corrected chi connectivity index (χ4v) is 1.76. The van der Waals surface area contributed by atoms with Gasteiger partial charge in [0.1, 0.15) is 5.75 Å². The molecule has 2 unspecified atom stereocenters. The first-order valence-electron chi connectivity index (χ1n) is 5.30. The van der Waals surface area contributed by atoms with Crippen molar-refractivity contribution in [3.63, 3.8) is 0 Å². The number of nitriles is 1. The van der Waals surface area contributed by atoms with Gasteiger partial charge < -0.3 is 9.63 Å². The van der Waals surface area contributed by atoms with E-state index in [9.17, 15) is 5.11 Å². The summed E-state index contributed by atoms with van der Waals surface area (Å²) in [5, 5.41) is 21.9. The van der Waals surface area contributed by atoms with Crippen molar-refractivity contribution in [1.29, 1.82) is 5.26 Å². The van der Waals surface area contributed by atoms with Gasteiger partial charge in [0.2, 0.25) is 11.7 Å². The second kappa shape index (κ2) is 3.59. The number of phenolic OH excluding ortho intramolecular Hbond substituents is 1. The van der Waals surface area contributed by atoms with Crippen LogP contribution in [0, 0.1) is 17.2 Å². The van der Waals surface area contributed by atoms with Crippen molar-refractivity contribution >= 4 is 0 Å². The van der Waals surface area contributed by atoms with Crippen LogP contribution in [0.5, 0.6) is 5.75 Å². The molecule has 5 nitrogen and oxygen atoms in total. The molecule has 2 aromatic rings.